The van der Waals surface area contributed by atoms with Crippen LogP contribution in [-0.2, 0) is 40.3 Å². The van der Waals surface area contributed by atoms with Gasteiger partial charge in [0.15, 0.2) is 0 Å². The zero-order chi connectivity index (χ0) is 36.3. The number of rotatable bonds is 10. The third kappa shape index (κ3) is 12.0. The fraction of sp³-hybridized carbons (Fsp3) is 0.179. The number of esters is 1. The second-order valence-corrected chi connectivity index (χ2v) is 11.7. The van der Waals surface area contributed by atoms with E-state index in [4.69, 9.17) is 9.84 Å². The summed E-state index contributed by atoms with van der Waals surface area (Å²) in [5, 5.41) is 16.5. The third-order valence-electron chi connectivity index (χ3n) is 7.73. The Hall–Kier alpha value is -6.00. The number of carbonyl (C=O) groups is 4. The minimum Gasteiger partial charge on any atom is -0.870 e. The number of hydrogen-bond acceptors (Lipinski definition) is 10. The summed E-state index contributed by atoms with van der Waals surface area (Å²) in [5.74, 6) is -1.50. The Bertz CT molecular complexity index is 2250. The maximum Gasteiger partial charge on any atom is 1.00 e. The molecule has 6 rings (SSSR count). The van der Waals surface area contributed by atoms with Gasteiger partial charge in [-0.3, -0.25) is 29.5 Å². The number of nitrogens with one attached hydrogen (secondary N) is 2. The van der Waals surface area contributed by atoms with Crippen LogP contribution in [0.5, 0.6) is 0 Å². The zero-order valence-corrected chi connectivity index (χ0v) is 29.8. The number of pyridine rings is 4. The summed E-state index contributed by atoms with van der Waals surface area (Å²) in [6.07, 6.45) is 4.27. The predicted molar refractivity (Wildman–Crippen MR) is 193 cm³/mol. The van der Waals surface area contributed by atoms with E-state index in [0.29, 0.717) is 37.2 Å². The molecule has 0 aliphatic heterocycles. The van der Waals surface area contributed by atoms with Crippen molar-refractivity contribution in [2.45, 2.75) is 39.8 Å². The number of methoxy groups -OCH3 is 1. The largest absolute Gasteiger partial charge is 1.00 e. The van der Waals surface area contributed by atoms with Crippen molar-refractivity contribution < 1.29 is 53.4 Å². The molecule has 4 N–H and O–H groups in total. The van der Waals surface area contributed by atoms with Crippen molar-refractivity contribution in [3.05, 3.63) is 142 Å². The second kappa shape index (κ2) is 19.6. The molecule has 14 heteroatoms. The number of carbonyl (C=O) groups excluding carboxylic acids is 3. The fourth-order valence-corrected chi connectivity index (χ4v) is 5.23. The molecule has 0 fully saturated rings. The SMILES string of the molecule is CC(=O)NCc1ccc2cc(Cc3cc(C(=O)O)ccn3)ccc2n1.COC(=O)c1ccnc(Cc2ccc3nc(CNC(C)=O)ccc3c2)c1.[Li+].[OH-]. The van der Waals surface area contributed by atoms with Crippen LogP contribution in [-0.4, -0.2) is 61.4 Å². The minimum atomic E-state index is -0.960. The first kappa shape index (κ1) is 41.4. The molecule has 0 bridgehead atoms. The number of amides is 2. The van der Waals surface area contributed by atoms with E-state index in [9.17, 15) is 19.2 Å². The number of hydrogen-bond donors (Lipinski definition) is 3. The Balaban J connectivity index is 0.000000275. The van der Waals surface area contributed by atoms with Crippen LogP contribution < -0.4 is 29.5 Å². The van der Waals surface area contributed by atoms with E-state index in [1.807, 2.05) is 54.6 Å². The van der Waals surface area contributed by atoms with Gasteiger partial charge in [0.1, 0.15) is 0 Å². The molecule has 2 amide bonds. The Morgan fingerprint density at radius 2 is 1.08 bits per heavy atom. The normalized spacial score (nSPS) is 10.2. The van der Waals surface area contributed by atoms with Crippen molar-refractivity contribution in [2.75, 3.05) is 7.11 Å². The van der Waals surface area contributed by atoms with Gasteiger partial charge in [-0.1, -0.05) is 24.3 Å². The maximum atomic E-state index is 11.6. The van der Waals surface area contributed by atoms with Crippen molar-refractivity contribution in [3.63, 3.8) is 0 Å². The van der Waals surface area contributed by atoms with Gasteiger partial charge >= 0.3 is 30.8 Å². The summed E-state index contributed by atoms with van der Waals surface area (Å²) in [5.41, 5.74) is 7.64. The number of ether oxygens (including phenoxy) is 1. The number of fused-ring (bicyclic) bond motifs is 2. The van der Waals surface area contributed by atoms with Crippen molar-refractivity contribution in [3.8, 4) is 0 Å². The van der Waals surface area contributed by atoms with Crippen LogP contribution in [0.25, 0.3) is 21.8 Å². The van der Waals surface area contributed by atoms with Gasteiger partial charge < -0.3 is 26.0 Å². The molecule has 13 nitrogen and oxygen atoms in total. The second-order valence-electron chi connectivity index (χ2n) is 11.7. The van der Waals surface area contributed by atoms with Gasteiger partial charge in [0.05, 0.1) is 53.7 Å². The summed E-state index contributed by atoms with van der Waals surface area (Å²) in [6.45, 7) is 3.77. The number of carboxylic acid groups (broad SMARTS) is 1. The molecule has 6 aromatic rings. The van der Waals surface area contributed by atoms with Gasteiger partial charge in [0, 0.05) is 61.2 Å². The average molecular weight is 709 g/mol. The monoisotopic (exact) mass is 708 g/mol. The summed E-state index contributed by atoms with van der Waals surface area (Å²) in [7, 11) is 1.36. The van der Waals surface area contributed by atoms with Crippen LogP contribution >= 0.6 is 0 Å². The van der Waals surface area contributed by atoms with Gasteiger partial charge in [0.25, 0.3) is 0 Å². The van der Waals surface area contributed by atoms with E-state index in [-0.39, 0.29) is 47.7 Å². The van der Waals surface area contributed by atoms with Crippen LogP contribution in [0.3, 0.4) is 0 Å². The van der Waals surface area contributed by atoms with E-state index < -0.39 is 5.97 Å². The maximum absolute atomic E-state index is 11.6. The average Bonchev–Trinajstić information content (AvgIpc) is 3.13. The number of nitrogens with zero attached hydrogens (tertiary/aromatic N) is 4. The molecule has 0 saturated carbocycles. The zero-order valence-electron chi connectivity index (χ0n) is 29.8. The number of aromatic carboxylic acids is 1. The molecule has 0 saturated heterocycles. The fourth-order valence-electron chi connectivity index (χ4n) is 5.23. The molecular weight excluding hydrogens is 671 g/mol. The van der Waals surface area contributed by atoms with Gasteiger partial charge in [-0.15, -0.1) is 0 Å². The molecule has 0 aliphatic carbocycles. The van der Waals surface area contributed by atoms with Crippen molar-refractivity contribution >= 4 is 45.6 Å². The van der Waals surface area contributed by atoms with Crippen LogP contribution in [0.4, 0.5) is 0 Å². The molecule has 4 heterocycles. The quantitative estimate of drug-likeness (QED) is 0.139. The molecule has 0 radical (unpaired) electrons. The molecule has 2 aromatic carbocycles. The van der Waals surface area contributed by atoms with Crippen LogP contribution in [0, 0.1) is 0 Å². The molecule has 0 unspecified atom stereocenters. The van der Waals surface area contributed by atoms with Gasteiger partial charge in [0.2, 0.25) is 11.8 Å². The molecule has 266 valence electrons. The Morgan fingerprint density at radius 3 is 1.51 bits per heavy atom. The number of aromatic nitrogens is 4. The Kier molecular flexibility index (Phi) is 15.3. The summed E-state index contributed by atoms with van der Waals surface area (Å²) in [6, 6.07) is 26.0. The van der Waals surface area contributed by atoms with Gasteiger partial charge in [-0.2, -0.15) is 0 Å². The van der Waals surface area contributed by atoms with Crippen molar-refractivity contribution in [2.24, 2.45) is 0 Å². The van der Waals surface area contributed by atoms with Crippen molar-refractivity contribution in [1.82, 2.24) is 30.6 Å². The van der Waals surface area contributed by atoms with Crippen LogP contribution in [0.2, 0.25) is 0 Å². The van der Waals surface area contributed by atoms with E-state index in [0.717, 1.165) is 50.0 Å². The van der Waals surface area contributed by atoms with Crippen LogP contribution in [0.15, 0.2) is 97.3 Å². The van der Waals surface area contributed by atoms with E-state index in [1.54, 1.807) is 24.4 Å². The summed E-state index contributed by atoms with van der Waals surface area (Å²) >= 11 is 0. The summed E-state index contributed by atoms with van der Waals surface area (Å²) in [4.78, 5) is 62.3. The molecule has 0 aliphatic rings. The molecule has 53 heavy (non-hydrogen) atoms. The topological polar surface area (TPSA) is 203 Å². The molecule has 0 spiro atoms. The molecule has 4 aromatic heterocycles. The first-order chi connectivity index (χ1) is 24.6. The minimum absolute atomic E-state index is 0. The first-order valence-corrected chi connectivity index (χ1v) is 16.0. The molecule has 0 atom stereocenters. The van der Waals surface area contributed by atoms with E-state index in [2.05, 4.69) is 36.6 Å². The van der Waals surface area contributed by atoms with Gasteiger partial charge in [-0.05, 0) is 71.8 Å². The standard InChI is InChI=1S/C20H19N3O3.C19H17N3O3.Li.H2O/c1-13(24)22-12-17-5-4-15-9-14(3-6-19(15)23-17)10-18-11-16(7-8-21-18)20(25)26-2;1-12(23)21-11-16-4-3-14-8-13(2-5-18(14)22-16)9-17-10-15(19(24)25)6-7-20-17;;/h3-9,11H,10,12H2,1-2H3,(H,22,24);2-8,10H,9,11H2,1H3,(H,21,23)(H,24,25);;1H2/q;;+1;/p-1. The van der Waals surface area contributed by atoms with E-state index >= 15 is 0 Å². The third-order valence-corrected chi connectivity index (χ3v) is 7.73. The predicted octanol–water partition coefficient (Wildman–Crippen LogP) is 2.03. The smallest absolute Gasteiger partial charge is 0.870 e. The van der Waals surface area contributed by atoms with Crippen LogP contribution in [0.1, 0.15) is 68.5 Å². The number of carboxylic acids is 1. The Morgan fingerprint density at radius 1 is 0.623 bits per heavy atom. The Labute approximate surface area is 317 Å². The summed E-state index contributed by atoms with van der Waals surface area (Å²) < 4.78 is 4.74. The van der Waals surface area contributed by atoms with Crippen molar-refractivity contribution in [1.29, 1.82) is 0 Å². The van der Waals surface area contributed by atoms with E-state index in [1.165, 1.54) is 33.2 Å². The number of benzene rings is 2. The van der Waals surface area contributed by atoms with Gasteiger partial charge in [-0.25, -0.2) is 9.59 Å². The first-order valence-electron chi connectivity index (χ1n) is 16.0. The molecular formula is C39H37LiN6O7.